The Hall–Kier alpha value is -4.83. The highest BCUT2D eigenvalue weighted by atomic mass is 32.2. The third-order valence-electron chi connectivity index (χ3n) is 9.45. The Balaban J connectivity index is 1.54. The van der Waals surface area contributed by atoms with Crippen molar-refractivity contribution in [3.05, 3.63) is 126 Å². The molecule has 53 heavy (non-hydrogen) atoms. The molecule has 14 heteroatoms. The van der Waals surface area contributed by atoms with Crippen LogP contribution in [0.5, 0.6) is 0 Å². The molecule has 2 aliphatic rings. The van der Waals surface area contributed by atoms with E-state index in [0.717, 1.165) is 45.8 Å². The third kappa shape index (κ3) is 8.70. The number of carboxylic acids is 2. The Labute approximate surface area is 312 Å². The van der Waals surface area contributed by atoms with Gasteiger partial charge in [-0.15, -0.1) is 4.33 Å². The molecule has 0 atom stereocenters. The van der Waals surface area contributed by atoms with Crippen LogP contribution in [0.2, 0.25) is 0 Å². The van der Waals surface area contributed by atoms with Gasteiger partial charge in [0.05, 0.1) is 28.8 Å². The molecule has 3 aromatic carbocycles. The summed E-state index contributed by atoms with van der Waals surface area (Å²) in [6, 6.07) is 19.6. The molecule has 0 saturated carbocycles. The first kappa shape index (κ1) is 39.4. The normalized spacial score (nSPS) is 17.3. The van der Waals surface area contributed by atoms with Crippen molar-refractivity contribution in [2.75, 3.05) is 18.0 Å². The summed E-state index contributed by atoms with van der Waals surface area (Å²) in [7, 11) is -4.46. The van der Waals surface area contributed by atoms with E-state index in [4.69, 9.17) is 5.26 Å². The van der Waals surface area contributed by atoms with Crippen LogP contribution in [0.3, 0.4) is 0 Å². The minimum absolute atomic E-state index is 0.0752. The molecule has 12 nitrogen and oxygen atoms in total. The molecule has 0 bridgehead atoms. The molecule has 0 saturated heterocycles. The number of carboxylic acid groups (broad SMARTS) is 2. The van der Waals surface area contributed by atoms with Gasteiger partial charge in [0.25, 0.3) is 10.1 Å². The lowest BCUT2D eigenvalue weighted by Gasteiger charge is -2.26. The van der Waals surface area contributed by atoms with Gasteiger partial charge < -0.3 is 15.1 Å². The second kappa shape index (κ2) is 16.0. The third-order valence-corrected chi connectivity index (χ3v) is 10.9. The minimum Gasteiger partial charge on any atom is -0.481 e. The van der Waals surface area contributed by atoms with E-state index in [1.54, 1.807) is 12.1 Å². The lowest BCUT2D eigenvalue weighted by atomic mass is 9.81. The molecule has 5 rings (SSSR count). The topological polar surface area (TPSA) is 174 Å². The number of hydrogen-bond donors (Lipinski definition) is 4. The van der Waals surface area contributed by atoms with Gasteiger partial charge in [0.1, 0.15) is 6.42 Å². The smallest absolute Gasteiger partial charge is 0.309 e. The van der Waals surface area contributed by atoms with Crippen molar-refractivity contribution in [1.82, 2.24) is 0 Å². The zero-order valence-corrected chi connectivity index (χ0v) is 31.2. The Morgan fingerprint density at radius 1 is 0.906 bits per heavy atom. The summed E-state index contributed by atoms with van der Waals surface area (Å²) >= 11 is 0.848. The number of hydrogen-bond acceptors (Lipinski definition) is 9. The van der Waals surface area contributed by atoms with Crippen molar-refractivity contribution >= 4 is 56.8 Å². The van der Waals surface area contributed by atoms with E-state index >= 15 is 0 Å². The van der Waals surface area contributed by atoms with Crippen LogP contribution in [-0.2, 0) is 39.9 Å². The van der Waals surface area contributed by atoms with Crippen LogP contribution in [0, 0.1) is 0 Å². The Morgan fingerprint density at radius 2 is 1.62 bits per heavy atom. The highest BCUT2D eigenvalue weighted by Crippen LogP contribution is 2.48. The van der Waals surface area contributed by atoms with Gasteiger partial charge in [-0.2, -0.15) is 13.0 Å². The van der Waals surface area contributed by atoms with Gasteiger partial charge in [-0.3, -0.25) is 14.1 Å². The van der Waals surface area contributed by atoms with Crippen LogP contribution >= 0.6 is 12.0 Å². The van der Waals surface area contributed by atoms with E-state index in [1.807, 2.05) is 102 Å². The average Bonchev–Trinajstić information content (AvgIpc) is 3.45. The fourth-order valence-electron chi connectivity index (χ4n) is 6.84. The van der Waals surface area contributed by atoms with Crippen LogP contribution in [0.25, 0.3) is 5.57 Å². The van der Waals surface area contributed by atoms with Gasteiger partial charge in [-0.25, -0.2) is 5.26 Å². The molecule has 0 unspecified atom stereocenters. The molecule has 0 aromatic heterocycles. The first-order chi connectivity index (χ1) is 25.0. The number of aliphatic carboxylic acids is 2. The summed E-state index contributed by atoms with van der Waals surface area (Å²) in [6.07, 6.45) is 11.3. The monoisotopic (exact) mass is 761 g/mol. The van der Waals surface area contributed by atoms with Crippen molar-refractivity contribution in [2.45, 2.75) is 61.2 Å². The number of nitrogens with zero attached hydrogens (tertiary/aromatic N) is 2. The van der Waals surface area contributed by atoms with Crippen molar-refractivity contribution < 1.29 is 52.0 Å². The molecular weight excluding hydrogens is 721 g/mol. The number of fused-ring (bicyclic) bond motifs is 2. The van der Waals surface area contributed by atoms with E-state index < -0.39 is 32.9 Å². The average molecular weight is 762 g/mol. The van der Waals surface area contributed by atoms with E-state index in [2.05, 4.69) is 23.2 Å². The molecule has 0 radical (unpaired) electrons. The molecule has 0 aliphatic carbocycles. The summed E-state index contributed by atoms with van der Waals surface area (Å²) in [5, 5.41) is 31.4. The summed E-state index contributed by atoms with van der Waals surface area (Å²) < 4.78 is 40.3. The predicted octanol–water partition coefficient (Wildman–Crippen LogP) is 7.56. The van der Waals surface area contributed by atoms with Crippen molar-refractivity contribution in [1.29, 1.82) is 0 Å². The van der Waals surface area contributed by atoms with Crippen molar-refractivity contribution in [3.63, 3.8) is 0 Å². The Bertz CT molecular complexity index is 2170. The number of carbonyl (C=O) groups is 2. The number of rotatable bonds is 15. The van der Waals surface area contributed by atoms with E-state index in [-0.39, 0.29) is 30.8 Å². The highest BCUT2D eigenvalue weighted by Gasteiger charge is 2.45. The summed E-state index contributed by atoms with van der Waals surface area (Å²) in [4.78, 5) is 25.5. The molecule has 4 N–H and O–H groups in total. The maximum absolute atomic E-state index is 12.0. The Kier molecular flexibility index (Phi) is 11.9. The van der Waals surface area contributed by atoms with Crippen molar-refractivity contribution in [2.24, 2.45) is 0 Å². The van der Waals surface area contributed by atoms with Crippen LogP contribution in [0.15, 0.2) is 119 Å². The second-order valence-electron chi connectivity index (χ2n) is 13.5. The fraction of sp³-hybridized carbons (Fsp3) is 0.256. The molecular formula is C39H41N2O10S2+. The van der Waals surface area contributed by atoms with Crippen LogP contribution < -0.4 is 4.90 Å². The fourth-order valence-corrected chi connectivity index (χ4v) is 7.74. The summed E-state index contributed by atoms with van der Waals surface area (Å²) in [5.41, 5.74) is 5.27. The lowest BCUT2D eigenvalue weighted by Crippen LogP contribution is -2.28. The van der Waals surface area contributed by atoms with Crippen LogP contribution in [0.1, 0.15) is 57.2 Å². The predicted molar refractivity (Wildman–Crippen MR) is 202 cm³/mol. The van der Waals surface area contributed by atoms with Crippen LogP contribution in [-0.4, -0.2) is 63.8 Å². The first-order valence-electron chi connectivity index (χ1n) is 16.7. The lowest BCUT2D eigenvalue weighted by molar-refractivity contribution is -0.436. The quantitative estimate of drug-likeness (QED) is 0.0299. The van der Waals surface area contributed by atoms with E-state index in [0.29, 0.717) is 16.1 Å². The summed E-state index contributed by atoms with van der Waals surface area (Å²) in [6.45, 7) is 8.33. The van der Waals surface area contributed by atoms with Gasteiger partial charge >= 0.3 is 11.9 Å². The largest absolute Gasteiger partial charge is 0.481 e. The van der Waals surface area contributed by atoms with E-state index in [9.17, 15) is 32.8 Å². The molecule has 2 heterocycles. The van der Waals surface area contributed by atoms with Gasteiger partial charge in [-0.05, 0) is 67.0 Å². The molecule has 278 valence electrons. The molecule has 0 fully saturated rings. The maximum Gasteiger partial charge on any atom is 0.309 e. The van der Waals surface area contributed by atoms with Gasteiger partial charge in [0, 0.05) is 45.9 Å². The van der Waals surface area contributed by atoms with Crippen LogP contribution in [0.4, 0.5) is 11.4 Å². The molecule has 0 spiro atoms. The molecule has 3 aromatic rings. The zero-order valence-electron chi connectivity index (χ0n) is 29.6. The number of benzene rings is 3. The molecule has 2 aliphatic heterocycles. The minimum atomic E-state index is -4.46. The van der Waals surface area contributed by atoms with Gasteiger partial charge in [0.2, 0.25) is 5.69 Å². The standard InChI is InChI=1S/C39H40N2O10S2/c1-38(2)30-24-28(52-51-50-46)16-18-32(30)40(22-20-36(42)43)34(38)14-8-12-27(26-10-6-5-7-11-26)13-9-15-35-39(3,4)31-25-29(53(47,48)49)17-19-33(31)41(35)23-21-37(44)45/h5-19,24-25H,20-23H2,1-4H3,(H3-,42,43,44,45,46,47,48,49)/p+1. The van der Waals surface area contributed by atoms with E-state index in [1.165, 1.54) is 12.1 Å². The SMILES string of the molecule is CC1(C)C(/C=C/C=C(/C=C/C=C2/N(CCC(=O)O)c3ccc(S(=O)(=O)O)cc3C2(C)C)c2ccccc2)=[N+](CCC(=O)O)c2ccc(SOOO)cc21. The maximum atomic E-state index is 12.0. The summed E-state index contributed by atoms with van der Waals surface area (Å²) in [5.74, 6) is -1.89. The zero-order chi connectivity index (χ0) is 38.6. The first-order valence-corrected chi connectivity index (χ1v) is 18.8. The van der Waals surface area contributed by atoms with Gasteiger partial charge in [0.15, 0.2) is 12.3 Å². The van der Waals surface area contributed by atoms with Crippen molar-refractivity contribution in [3.8, 4) is 0 Å². The second-order valence-corrected chi connectivity index (χ2v) is 15.7. The van der Waals surface area contributed by atoms with Gasteiger partial charge in [-0.1, -0.05) is 73.5 Å². The Morgan fingerprint density at radius 3 is 2.28 bits per heavy atom. The highest BCUT2D eigenvalue weighted by molar-refractivity contribution is 7.94. The molecule has 0 amide bonds. The number of allylic oxidation sites excluding steroid dienone is 8. The number of anilines is 1.